The number of benzene rings is 1. The molecule has 2 rings (SSSR count). The van der Waals surface area contributed by atoms with Crippen LogP contribution in [0.25, 0.3) is 0 Å². The van der Waals surface area contributed by atoms with Gasteiger partial charge in [0.05, 0.1) is 16.1 Å². The molecule has 1 aromatic heterocycles. The highest BCUT2D eigenvalue weighted by Gasteiger charge is 2.22. The van der Waals surface area contributed by atoms with Gasteiger partial charge < -0.3 is 5.32 Å². The van der Waals surface area contributed by atoms with E-state index < -0.39 is 10.0 Å². The minimum atomic E-state index is -3.41. The summed E-state index contributed by atoms with van der Waals surface area (Å²) in [6, 6.07) is 6.94. The zero-order chi connectivity index (χ0) is 16.2. The summed E-state index contributed by atoms with van der Waals surface area (Å²) in [5.41, 5.74) is 3.87. The van der Waals surface area contributed by atoms with Crippen molar-refractivity contribution >= 4 is 21.4 Å². The van der Waals surface area contributed by atoms with E-state index in [9.17, 15) is 8.42 Å². The summed E-state index contributed by atoms with van der Waals surface area (Å²) in [5.74, 6) is 0. The normalized spacial score (nSPS) is 12.2. The highest BCUT2D eigenvalue weighted by atomic mass is 32.2. The molecule has 0 spiro atoms. The molecule has 7 heteroatoms. The largest absolute Gasteiger partial charge is 0.307 e. The van der Waals surface area contributed by atoms with Gasteiger partial charge in [-0.25, -0.2) is 13.4 Å². The van der Waals surface area contributed by atoms with Crippen molar-refractivity contribution in [2.75, 3.05) is 7.05 Å². The SMILES string of the molecule is CC(C)N(C)S(=O)(=O)c1ccc(CNCc2cscn2)cc1. The van der Waals surface area contributed by atoms with Gasteiger partial charge in [-0.3, -0.25) is 0 Å². The summed E-state index contributed by atoms with van der Waals surface area (Å²) in [6.07, 6.45) is 0. The Kier molecular flexibility index (Phi) is 5.69. The second-order valence-electron chi connectivity index (χ2n) is 5.34. The maximum atomic E-state index is 12.4. The number of sulfonamides is 1. The first-order chi connectivity index (χ1) is 10.4. The lowest BCUT2D eigenvalue weighted by molar-refractivity contribution is 0.410. The Bertz CT molecular complexity index is 680. The molecular weight excluding hydrogens is 318 g/mol. The van der Waals surface area contributed by atoms with Gasteiger partial charge in [-0.05, 0) is 31.5 Å². The lowest BCUT2D eigenvalue weighted by Gasteiger charge is -2.21. The molecule has 5 nitrogen and oxygen atoms in total. The smallest absolute Gasteiger partial charge is 0.243 e. The molecule has 0 unspecified atom stereocenters. The van der Waals surface area contributed by atoms with Gasteiger partial charge in [0.15, 0.2) is 0 Å². The van der Waals surface area contributed by atoms with Crippen LogP contribution in [0.5, 0.6) is 0 Å². The third-order valence-electron chi connectivity index (χ3n) is 3.45. The first-order valence-electron chi connectivity index (χ1n) is 7.06. The molecule has 0 atom stereocenters. The van der Waals surface area contributed by atoms with E-state index in [4.69, 9.17) is 0 Å². The second-order valence-corrected chi connectivity index (χ2v) is 8.06. The molecule has 22 heavy (non-hydrogen) atoms. The van der Waals surface area contributed by atoms with E-state index >= 15 is 0 Å². The van der Waals surface area contributed by atoms with Crippen molar-refractivity contribution in [3.05, 3.63) is 46.4 Å². The van der Waals surface area contributed by atoms with E-state index in [1.165, 1.54) is 4.31 Å². The average molecular weight is 339 g/mol. The van der Waals surface area contributed by atoms with Gasteiger partial charge in [0, 0.05) is 31.6 Å². The molecule has 0 saturated carbocycles. The zero-order valence-corrected chi connectivity index (χ0v) is 14.6. The molecule has 0 radical (unpaired) electrons. The number of nitrogens with one attached hydrogen (secondary N) is 1. The molecule has 0 bridgehead atoms. The monoisotopic (exact) mass is 339 g/mol. The molecule has 0 aliphatic heterocycles. The van der Waals surface area contributed by atoms with E-state index in [-0.39, 0.29) is 6.04 Å². The van der Waals surface area contributed by atoms with Crippen LogP contribution in [0.15, 0.2) is 40.1 Å². The van der Waals surface area contributed by atoms with Crippen LogP contribution in [0, 0.1) is 0 Å². The van der Waals surface area contributed by atoms with Crippen molar-refractivity contribution in [1.29, 1.82) is 0 Å². The van der Waals surface area contributed by atoms with Crippen LogP contribution < -0.4 is 5.32 Å². The number of hydrogen-bond donors (Lipinski definition) is 1. The van der Waals surface area contributed by atoms with E-state index in [2.05, 4.69) is 10.3 Å². The maximum absolute atomic E-state index is 12.4. The molecule has 0 fully saturated rings. The molecule has 0 saturated heterocycles. The number of aromatic nitrogens is 1. The van der Waals surface area contributed by atoms with E-state index in [1.807, 2.05) is 36.9 Å². The number of nitrogens with zero attached hydrogens (tertiary/aromatic N) is 2. The zero-order valence-electron chi connectivity index (χ0n) is 13.0. The Labute approximate surface area is 136 Å². The fourth-order valence-electron chi connectivity index (χ4n) is 1.88. The van der Waals surface area contributed by atoms with Gasteiger partial charge in [0.2, 0.25) is 10.0 Å². The lowest BCUT2D eigenvalue weighted by Crippen LogP contribution is -2.33. The highest BCUT2D eigenvalue weighted by Crippen LogP contribution is 2.17. The minimum Gasteiger partial charge on any atom is -0.307 e. The second kappa shape index (κ2) is 7.32. The maximum Gasteiger partial charge on any atom is 0.243 e. The minimum absolute atomic E-state index is 0.0653. The van der Waals surface area contributed by atoms with Crippen molar-refractivity contribution in [3.8, 4) is 0 Å². The summed E-state index contributed by atoms with van der Waals surface area (Å²) in [6.45, 7) is 5.10. The molecular formula is C15H21N3O2S2. The van der Waals surface area contributed by atoms with Crippen molar-refractivity contribution in [2.24, 2.45) is 0 Å². The summed E-state index contributed by atoms with van der Waals surface area (Å²) in [7, 11) is -1.81. The van der Waals surface area contributed by atoms with Crippen molar-refractivity contribution in [2.45, 2.75) is 37.9 Å². The van der Waals surface area contributed by atoms with Crippen LogP contribution in [0.2, 0.25) is 0 Å². The number of thiazole rings is 1. The molecule has 0 amide bonds. The molecule has 1 heterocycles. The number of hydrogen-bond acceptors (Lipinski definition) is 5. The Morgan fingerprint density at radius 1 is 1.23 bits per heavy atom. The van der Waals surface area contributed by atoms with Gasteiger partial charge in [-0.1, -0.05) is 12.1 Å². The van der Waals surface area contributed by atoms with Crippen LogP contribution in [0.3, 0.4) is 0 Å². The summed E-state index contributed by atoms with van der Waals surface area (Å²) >= 11 is 1.57. The molecule has 0 aliphatic rings. The first kappa shape index (κ1) is 17.1. The lowest BCUT2D eigenvalue weighted by atomic mass is 10.2. The Morgan fingerprint density at radius 2 is 1.91 bits per heavy atom. The van der Waals surface area contributed by atoms with Gasteiger partial charge in [0.25, 0.3) is 0 Å². The van der Waals surface area contributed by atoms with Crippen molar-refractivity contribution < 1.29 is 8.42 Å². The Morgan fingerprint density at radius 3 is 2.45 bits per heavy atom. The van der Waals surface area contributed by atoms with Crippen LogP contribution in [-0.2, 0) is 23.1 Å². The molecule has 1 aromatic carbocycles. The fraction of sp³-hybridized carbons (Fsp3) is 0.400. The third kappa shape index (κ3) is 4.13. The van der Waals surface area contributed by atoms with Gasteiger partial charge in [0.1, 0.15) is 0 Å². The van der Waals surface area contributed by atoms with Crippen LogP contribution in [0.1, 0.15) is 25.1 Å². The van der Waals surface area contributed by atoms with E-state index in [0.29, 0.717) is 18.0 Å². The molecule has 0 aliphatic carbocycles. The standard InChI is InChI=1S/C15H21N3O2S2/c1-12(2)18(3)22(19,20)15-6-4-13(5-7-15)8-16-9-14-10-21-11-17-14/h4-7,10-12,16H,8-9H2,1-3H3. The quantitative estimate of drug-likeness (QED) is 0.842. The van der Waals surface area contributed by atoms with Crippen molar-refractivity contribution in [1.82, 2.24) is 14.6 Å². The molecule has 1 N–H and O–H groups in total. The fourth-order valence-corrected chi connectivity index (χ4v) is 3.81. The van der Waals surface area contributed by atoms with Crippen LogP contribution >= 0.6 is 11.3 Å². The van der Waals surface area contributed by atoms with E-state index in [0.717, 1.165) is 11.3 Å². The Hall–Kier alpha value is -1.28. The predicted molar refractivity (Wildman–Crippen MR) is 89.2 cm³/mol. The summed E-state index contributed by atoms with van der Waals surface area (Å²) in [4.78, 5) is 4.53. The first-order valence-corrected chi connectivity index (χ1v) is 9.44. The summed E-state index contributed by atoms with van der Waals surface area (Å²) < 4.78 is 26.1. The average Bonchev–Trinajstić information content (AvgIpc) is 3.00. The van der Waals surface area contributed by atoms with E-state index in [1.54, 1.807) is 30.5 Å². The van der Waals surface area contributed by atoms with Gasteiger partial charge >= 0.3 is 0 Å². The molecule has 120 valence electrons. The topological polar surface area (TPSA) is 62.3 Å². The van der Waals surface area contributed by atoms with Crippen LogP contribution in [-0.4, -0.2) is 30.8 Å². The predicted octanol–water partition coefficient (Wildman–Crippen LogP) is 2.46. The highest BCUT2D eigenvalue weighted by molar-refractivity contribution is 7.89. The molecule has 2 aromatic rings. The van der Waals surface area contributed by atoms with Gasteiger partial charge in [-0.2, -0.15) is 4.31 Å². The van der Waals surface area contributed by atoms with Crippen LogP contribution in [0.4, 0.5) is 0 Å². The number of rotatable bonds is 7. The third-order valence-corrected chi connectivity index (χ3v) is 6.13. The van der Waals surface area contributed by atoms with Crippen molar-refractivity contribution in [3.63, 3.8) is 0 Å². The summed E-state index contributed by atoms with van der Waals surface area (Å²) in [5, 5.41) is 5.29. The van der Waals surface area contributed by atoms with Gasteiger partial charge in [-0.15, -0.1) is 11.3 Å². The Balaban J connectivity index is 1.98.